The highest BCUT2D eigenvalue weighted by Gasteiger charge is 2.20. The van der Waals surface area contributed by atoms with Crippen LogP contribution >= 0.6 is 23.4 Å². The van der Waals surface area contributed by atoms with Crippen molar-refractivity contribution >= 4 is 35.0 Å². The van der Waals surface area contributed by atoms with Crippen LogP contribution in [0.4, 0.5) is 5.69 Å². The van der Waals surface area contributed by atoms with Crippen LogP contribution in [0.5, 0.6) is 5.75 Å². The van der Waals surface area contributed by atoms with Gasteiger partial charge in [-0.15, -0.1) is 10.2 Å². The maximum atomic E-state index is 12.6. The molecule has 0 aliphatic carbocycles. The van der Waals surface area contributed by atoms with E-state index in [9.17, 15) is 4.79 Å². The molecule has 4 aromatic rings. The molecule has 1 amide bonds. The van der Waals surface area contributed by atoms with Gasteiger partial charge in [-0.3, -0.25) is 9.36 Å². The van der Waals surface area contributed by atoms with Gasteiger partial charge in [0.1, 0.15) is 11.8 Å². The monoisotopic (exact) mass is 489 g/mol. The number of amides is 1. The first-order valence-electron chi connectivity index (χ1n) is 10.3. The molecule has 9 heteroatoms. The summed E-state index contributed by atoms with van der Waals surface area (Å²) in [6.07, 6.45) is 0. The molecule has 3 aromatic carbocycles. The zero-order chi connectivity index (χ0) is 24.1. The van der Waals surface area contributed by atoms with Gasteiger partial charge in [0.15, 0.2) is 11.0 Å². The van der Waals surface area contributed by atoms with Crippen molar-refractivity contribution in [3.63, 3.8) is 0 Å². The van der Waals surface area contributed by atoms with Crippen molar-refractivity contribution in [3.05, 3.63) is 82.9 Å². The van der Waals surface area contributed by atoms with Gasteiger partial charge in [-0.2, -0.15) is 5.26 Å². The number of aryl methyl sites for hydroxylation is 1. The van der Waals surface area contributed by atoms with E-state index in [1.165, 1.54) is 11.8 Å². The summed E-state index contributed by atoms with van der Waals surface area (Å²) >= 11 is 7.33. The van der Waals surface area contributed by atoms with Crippen LogP contribution in [0, 0.1) is 18.3 Å². The predicted molar refractivity (Wildman–Crippen MR) is 134 cm³/mol. The quantitative estimate of drug-likeness (QED) is 0.344. The lowest BCUT2D eigenvalue weighted by Crippen LogP contribution is -2.14. The molecule has 4 rings (SSSR count). The number of para-hydroxylation sites is 1. The summed E-state index contributed by atoms with van der Waals surface area (Å²) < 4.78 is 7.44. The molecule has 0 saturated carbocycles. The molecule has 0 atom stereocenters. The molecular formula is C25H20ClN5O2S. The van der Waals surface area contributed by atoms with Crippen LogP contribution in [0.1, 0.15) is 11.1 Å². The Hall–Kier alpha value is -3.80. The second-order valence-electron chi connectivity index (χ2n) is 7.32. The largest absolute Gasteiger partial charge is 0.496 e. The standard InChI is InChI=1S/C25H20ClN5O2S/c1-16-7-11-19(12-8-16)31-24(20-5-3-4-6-22(20)33-2)29-30-25(31)34-15-23(32)28-18-10-9-17(14-27)21(26)13-18/h3-13H,15H2,1-2H3,(H,28,32). The average Bonchev–Trinajstić information content (AvgIpc) is 3.27. The number of thioether (sulfide) groups is 1. The smallest absolute Gasteiger partial charge is 0.234 e. The van der Waals surface area contributed by atoms with Crippen LogP contribution in [0.15, 0.2) is 71.9 Å². The van der Waals surface area contributed by atoms with Gasteiger partial charge in [0, 0.05) is 11.4 Å². The number of benzene rings is 3. The van der Waals surface area contributed by atoms with E-state index in [4.69, 9.17) is 21.6 Å². The van der Waals surface area contributed by atoms with Crippen molar-refractivity contribution < 1.29 is 9.53 Å². The number of ether oxygens (including phenoxy) is 1. The Balaban J connectivity index is 1.61. The van der Waals surface area contributed by atoms with E-state index in [0.717, 1.165) is 16.8 Å². The number of nitriles is 1. The third-order valence-corrected chi connectivity index (χ3v) is 6.22. The number of nitrogens with zero attached hydrogens (tertiary/aromatic N) is 4. The number of carbonyl (C=O) groups excluding carboxylic acids is 1. The van der Waals surface area contributed by atoms with Gasteiger partial charge in [0.25, 0.3) is 0 Å². The number of carbonyl (C=O) groups is 1. The van der Waals surface area contributed by atoms with Gasteiger partial charge in [-0.05, 0) is 49.4 Å². The number of rotatable bonds is 7. The fourth-order valence-electron chi connectivity index (χ4n) is 3.30. The summed E-state index contributed by atoms with van der Waals surface area (Å²) in [4.78, 5) is 12.6. The van der Waals surface area contributed by atoms with E-state index in [-0.39, 0.29) is 16.7 Å². The SMILES string of the molecule is COc1ccccc1-c1nnc(SCC(=O)Nc2ccc(C#N)c(Cl)c2)n1-c1ccc(C)cc1. The van der Waals surface area contributed by atoms with Crippen LogP contribution in [-0.4, -0.2) is 33.5 Å². The maximum Gasteiger partial charge on any atom is 0.234 e. The first-order valence-corrected chi connectivity index (χ1v) is 11.6. The molecule has 0 bridgehead atoms. The lowest BCUT2D eigenvalue weighted by molar-refractivity contribution is -0.113. The highest BCUT2D eigenvalue weighted by Crippen LogP contribution is 2.33. The Bertz CT molecular complexity index is 1380. The van der Waals surface area contributed by atoms with Gasteiger partial charge >= 0.3 is 0 Å². The minimum Gasteiger partial charge on any atom is -0.496 e. The van der Waals surface area contributed by atoms with E-state index in [2.05, 4.69) is 15.5 Å². The number of methoxy groups -OCH3 is 1. The molecule has 1 heterocycles. The number of hydrogen-bond donors (Lipinski definition) is 1. The molecule has 0 radical (unpaired) electrons. The summed E-state index contributed by atoms with van der Waals surface area (Å²) in [5.41, 5.74) is 3.67. The predicted octanol–water partition coefficient (Wildman–Crippen LogP) is 5.51. The van der Waals surface area contributed by atoms with Gasteiger partial charge in [0.2, 0.25) is 5.91 Å². The second-order valence-corrected chi connectivity index (χ2v) is 8.67. The average molecular weight is 490 g/mol. The topological polar surface area (TPSA) is 92.8 Å². The highest BCUT2D eigenvalue weighted by molar-refractivity contribution is 7.99. The minimum absolute atomic E-state index is 0.105. The molecule has 34 heavy (non-hydrogen) atoms. The molecule has 0 fully saturated rings. The number of hydrogen-bond acceptors (Lipinski definition) is 6. The van der Waals surface area contributed by atoms with E-state index in [1.54, 1.807) is 25.3 Å². The highest BCUT2D eigenvalue weighted by atomic mass is 35.5. The maximum absolute atomic E-state index is 12.6. The second kappa shape index (κ2) is 10.4. The summed E-state index contributed by atoms with van der Waals surface area (Å²) in [6.45, 7) is 2.02. The number of halogens is 1. The number of anilines is 1. The summed E-state index contributed by atoms with van der Waals surface area (Å²) in [5, 5.41) is 21.4. The van der Waals surface area contributed by atoms with Crippen molar-refractivity contribution in [1.82, 2.24) is 14.8 Å². The van der Waals surface area contributed by atoms with Crippen molar-refractivity contribution in [2.75, 3.05) is 18.2 Å². The lowest BCUT2D eigenvalue weighted by atomic mass is 10.1. The fourth-order valence-corrected chi connectivity index (χ4v) is 4.28. The Morgan fingerprint density at radius 3 is 2.62 bits per heavy atom. The van der Waals surface area contributed by atoms with Crippen molar-refractivity contribution in [2.24, 2.45) is 0 Å². The van der Waals surface area contributed by atoms with Crippen LogP contribution in [0.3, 0.4) is 0 Å². The zero-order valence-electron chi connectivity index (χ0n) is 18.4. The van der Waals surface area contributed by atoms with Gasteiger partial charge in [0.05, 0.1) is 29.0 Å². The lowest BCUT2D eigenvalue weighted by Gasteiger charge is -2.13. The first-order chi connectivity index (χ1) is 16.5. The molecular weight excluding hydrogens is 470 g/mol. The van der Waals surface area contributed by atoms with Crippen LogP contribution in [-0.2, 0) is 4.79 Å². The molecule has 1 aromatic heterocycles. The molecule has 0 spiro atoms. The van der Waals surface area contributed by atoms with Gasteiger partial charge in [-0.25, -0.2) is 0 Å². The number of nitrogens with one attached hydrogen (secondary N) is 1. The summed E-state index contributed by atoms with van der Waals surface area (Å²) in [7, 11) is 1.61. The van der Waals surface area contributed by atoms with E-state index in [0.29, 0.717) is 28.0 Å². The van der Waals surface area contributed by atoms with Crippen molar-refractivity contribution in [1.29, 1.82) is 5.26 Å². The molecule has 7 nitrogen and oxygen atoms in total. The van der Waals surface area contributed by atoms with Crippen LogP contribution in [0.25, 0.3) is 17.1 Å². The Labute approximate surface area is 206 Å². The summed E-state index contributed by atoms with van der Waals surface area (Å²) in [5.74, 6) is 1.16. The van der Waals surface area contributed by atoms with E-state index < -0.39 is 0 Å². The molecule has 0 saturated heterocycles. The number of aromatic nitrogens is 3. The molecule has 0 aliphatic heterocycles. The van der Waals surface area contributed by atoms with E-state index in [1.807, 2.05) is 66.1 Å². The molecule has 170 valence electrons. The normalized spacial score (nSPS) is 10.5. The third kappa shape index (κ3) is 5.06. The van der Waals surface area contributed by atoms with Gasteiger partial charge < -0.3 is 10.1 Å². The Morgan fingerprint density at radius 2 is 1.91 bits per heavy atom. The molecule has 0 unspecified atom stereocenters. The summed E-state index contributed by atoms with van der Waals surface area (Å²) in [6, 6.07) is 22.3. The van der Waals surface area contributed by atoms with Crippen molar-refractivity contribution in [2.45, 2.75) is 12.1 Å². The van der Waals surface area contributed by atoms with E-state index >= 15 is 0 Å². The van der Waals surface area contributed by atoms with Crippen LogP contribution in [0.2, 0.25) is 5.02 Å². The minimum atomic E-state index is -0.233. The Morgan fingerprint density at radius 1 is 1.15 bits per heavy atom. The van der Waals surface area contributed by atoms with Crippen molar-refractivity contribution in [3.8, 4) is 28.9 Å². The first kappa shape index (κ1) is 23.4. The third-order valence-electron chi connectivity index (χ3n) is 4.98. The molecule has 0 aliphatic rings. The fraction of sp³-hybridized carbons (Fsp3) is 0.120. The molecule has 1 N–H and O–H groups in total. The van der Waals surface area contributed by atoms with Crippen LogP contribution < -0.4 is 10.1 Å². The Kier molecular flexibility index (Phi) is 7.16. The zero-order valence-corrected chi connectivity index (χ0v) is 20.0. The van der Waals surface area contributed by atoms with Gasteiger partial charge in [-0.1, -0.05) is 53.2 Å².